The summed E-state index contributed by atoms with van der Waals surface area (Å²) in [6, 6.07) is 12.8. The molecule has 1 atom stereocenters. The van der Waals surface area contributed by atoms with Crippen LogP contribution in [0.1, 0.15) is 16.9 Å². The molecule has 28 heavy (non-hydrogen) atoms. The summed E-state index contributed by atoms with van der Waals surface area (Å²) < 4.78 is 49.3. The van der Waals surface area contributed by atoms with Crippen LogP contribution >= 0.6 is 0 Å². The van der Waals surface area contributed by atoms with Gasteiger partial charge >= 0.3 is 12.1 Å². The molecule has 0 unspecified atom stereocenters. The predicted octanol–water partition coefficient (Wildman–Crippen LogP) is 3.96. The third-order valence-electron chi connectivity index (χ3n) is 4.19. The summed E-state index contributed by atoms with van der Waals surface area (Å²) in [5.74, 6) is -0.736. The first kappa shape index (κ1) is 19.6. The van der Waals surface area contributed by atoms with Crippen LogP contribution in [-0.4, -0.2) is 23.2 Å². The van der Waals surface area contributed by atoms with Crippen molar-refractivity contribution in [3.05, 3.63) is 77.7 Å². The van der Waals surface area contributed by atoms with E-state index >= 15 is 0 Å². The first-order chi connectivity index (χ1) is 13.2. The maximum Gasteiger partial charge on any atom is 0.416 e. The van der Waals surface area contributed by atoms with Crippen LogP contribution in [0.15, 0.2) is 65.2 Å². The van der Waals surface area contributed by atoms with Gasteiger partial charge in [0.05, 0.1) is 25.3 Å². The molecule has 1 heterocycles. The zero-order chi connectivity index (χ0) is 20.4. The summed E-state index contributed by atoms with van der Waals surface area (Å²) in [7, 11) is 1.04. The Bertz CT molecular complexity index is 969. The Morgan fingerprint density at radius 2 is 1.79 bits per heavy atom. The van der Waals surface area contributed by atoms with Crippen LogP contribution in [0.2, 0.25) is 0 Å². The van der Waals surface area contributed by atoms with Crippen LogP contribution in [0.5, 0.6) is 0 Å². The Morgan fingerprint density at radius 1 is 1.11 bits per heavy atom. The zero-order valence-corrected chi connectivity index (χ0v) is 14.7. The van der Waals surface area contributed by atoms with Crippen LogP contribution < -0.4 is 0 Å². The Kier molecular flexibility index (Phi) is 5.24. The SMILES string of the molecule is COC(=O)[C@](O)(Cc1cnc(-c2ccccc2)o1)c1cccc(C(F)(F)F)c1. The fourth-order valence-corrected chi connectivity index (χ4v) is 2.77. The number of oxazole rings is 1. The van der Waals surface area contributed by atoms with Crippen LogP contribution in [0.4, 0.5) is 13.2 Å². The van der Waals surface area contributed by atoms with Crippen LogP contribution in [-0.2, 0) is 27.7 Å². The van der Waals surface area contributed by atoms with Gasteiger partial charge in [0.1, 0.15) is 5.76 Å². The number of nitrogens with zero attached hydrogens (tertiary/aromatic N) is 1. The second-order valence-corrected chi connectivity index (χ2v) is 6.10. The zero-order valence-electron chi connectivity index (χ0n) is 14.7. The molecule has 3 aromatic rings. The third kappa shape index (κ3) is 3.91. The van der Waals surface area contributed by atoms with Crippen LogP contribution in [0.3, 0.4) is 0 Å². The number of alkyl halides is 3. The largest absolute Gasteiger partial charge is 0.467 e. The third-order valence-corrected chi connectivity index (χ3v) is 4.19. The number of methoxy groups -OCH3 is 1. The van der Waals surface area contributed by atoms with Gasteiger partial charge in [0, 0.05) is 5.56 Å². The average Bonchev–Trinajstić information content (AvgIpc) is 3.15. The fourth-order valence-electron chi connectivity index (χ4n) is 2.77. The van der Waals surface area contributed by atoms with Crippen molar-refractivity contribution >= 4 is 5.97 Å². The second-order valence-electron chi connectivity index (χ2n) is 6.10. The van der Waals surface area contributed by atoms with E-state index in [1.165, 1.54) is 12.3 Å². The van der Waals surface area contributed by atoms with E-state index in [1.807, 2.05) is 6.07 Å². The highest BCUT2D eigenvalue weighted by Crippen LogP contribution is 2.34. The molecule has 1 aromatic heterocycles. The van der Waals surface area contributed by atoms with Crippen molar-refractivity contribution in [2.45, 2.75) is 18.2 Å². The highest BCUT2D eigenvalue weighted by Gasteiger charge is 2.42. The molecule has 5 nitrogen and oxygen atoms in total. The van der Waals surface area contributed by atoms with Gasteiger partial charge in [-0.2, -0.15) is 13.2 Å². The van der Waals surface area contributed by atoms with Crippen molar-refractivity contribution in [2.75, 3.05) is 7.11 Å². The normalized spacial score (nSPS) is 13.8. The lowest BCUT2D eigenvalue weighted by Crippen LogP contribution is -2.39. The number of aliphatic hydroxyl groups is 1. The number of carbonyl (C=O) groups is 1. The van der Waals surface area contributed by atoms with E-state index in [-0.39, 0.29) is 17.2 Å². The van der Waals surface area contributed by atoms with E-state index in [2.05, 4.69) is 9.72 Å². The lowest BCUT2D eigenvalue weighted by atomic mass is 9.88. The van der Waals surface area contributed by atoms with E-state index in [9.17, 15) is 23.1 Å². The molecule has 0 bridgehead atoms. The molecule has 3 rings (SSSR count). The lowest BCUT2D eigenvalue weighted by Gasteiger charge is -2.25. The number of carbonyl (C=O) groups excluding carboxylic acids is 1. The quantitative estimate of drug-likeness (QED) is 0.667. The molecule has 0 saturated heterocycles. The first-order valence-electron chi connectivity index (χ1n) is 8.22. The molecule has 0 amide bonds. The summed E-state index contributed by atoms with van der Waals surface area (Å²) in [6.45, 7) is 0. The fraction of sp³-hybridized carbons (Fsp3) is 0.200. The Hall–Kier alpha value is -3.13. The molecule has 0 aliphatic rings. The van der Waals surface area contributed by atoms with E-state index in [4.69, 9.17) is 4.42 Å². The number of hydrogen-bond acceptors (Lipinski definition) is 5. The minimum Gasteiger partial charge on any atom is -0.467 e. The Labute approximate surface area is 158 Å². The van der Waals surface area contributed by atoms with Gasteiger partial charge in [-0.3, -0.25) is 0 Å². The number of ether oxygens (including phenoxy) is 1. The van der Waals surface area contributed by atoms with Gasteiger partial charge in [-0.25, -0.2) is 9.78 Å². The lowest BCUT2D eigenvalue weighted by molar-refractivity contribution is -0.164. The van der Waals surface area contributed by atoms with Crippen molar-refractivity contribution < 1.29 is 32.2 Å². The minimum atomic E-state index is -4.63. The van der Waals surface area contributed by atoms with Gasteiger partial charge in [0.15, 0.2) is 5.60 Å². The summed E-state index contributed by atoms with van der Waals surface area (Å²) in [6.07, 6.45) is -3.76. The van der Waals surface area contributed by atoms with Gasteiger partial charge in [-0.15, -0.1) is 0 Å². The summed E-state index contributed by atoms with van der Waals surface area (Å²) in [5, 5.41) is 10.9. The summed E-state index contributed by atoms with van der Waals surface area (Å²) in [4.78, 5) is 16.4. The van der Waals surface area contributed by atoms with Crippen molar-refractivity contribution in [3.8, 4) is 11.5 Å². The van der Waals surface area contributed by atoms with Crippen molar-refractivity contribution in [1.29, 1.82) is 0 Å². The monoisotopic (exact) mass is 391 g/mol. The number of rotatable bonds is 5. The average molecular weight is 391 g/mol. The van der Waals surface area contributed by atoms with Crippen molar-refractivity contribution in [3.63, 3.8) is 0 Å². The smallest absolute Gasteiger partial charge is 0.416 e. The standard InChI is InChI=1S/C20H16F3NO4/c1-27-18(25)19(26,14-8-5-9-15(10-14)20(21,22)23)11-16-12-24-17(28-16)13-6-3-2-4-7-13/h2-10,12,26H,11H2,1H3/t19-/m0/s1. The molecule has 0 radical (unpaired) electrons. The number of esters is 1. The highest BCUT2D eigenvalue weighted by molar-refractivity contribution is 5.81. The molecule has 8 heteroatoms. The topological polar surface area (TPSA) is 72.6 Å². The molecule has 0 spiro atoms. The van der Waals surface area contributed by atoms with Gasteiger partial charge < -0.3 is 14.3 Å². The Balaban J connectivity index is 1.97. The summed E-state index contributed by atoms with van der Waals surface area (Å²) >= 11 is 0. The van der Waals surface area contributed by atoms with E-state index in [0.29, 0.717) is 11.6 Å². The molecular weight excluding hydrogens is 375 g/mol. The van der Waals surface area contributed by atoms with Gasteiger partial charge in [-0.05, 0) is 29.8 Å². The highest BCUT2D eigenvalue weighted by atomic mass is 19.4. The van der Waals surface area contributed by atoms with E-state index in [1.54, 1.807) is 24.3 Å². The minimum absolute atomic E-state index is 0.115. The molecule has 1 N–H and O–H groups in total. The number of benzene rings is 2. The molecule has 146 valence electrons. The van der Waals surface area contributed by atoms with Crippen LogP contribution in [0, 0.1) is 0 Å². The number of halogens is 3. The van der Waals surface area contributed by atoms with Crippen molar-refractivity contribution in [2.24, 2.45) is 0 Å². The van der Waals surface area contributed by atoms with Crippen molar-refractivity contribution in [1.82, 2.24) is 4.98 Å². The molecule has 0 aliphatic carbocycles. The predicted molar refractivity (Wildman–Crippen MR) is 93.0 cm³/mol. The van der Waals surface area contributed by atoms with E-state index < -0.39 is 29.7 Å². The summed E-state index contributed by atoms with van der Waals surface area (Å²) in [5.41, 5.74) is -2.94. The van der Waals surface area contributed by atoms with Gasteiger partial charge in [-0.1, -0.05) is 30.3 Å². The second kappa shape index (κ2) is 7.47. The molecule has 0 fully saturated rings. The van der Waals surface area contributed by atoms with Gasteiger partial charge in [0.2, 0.25) is 5.89 Å². The molecular formula is C20H16F3NO4. The van der Waals surface area contributed by atoms with Gasteiger partial charge in [0.25, 0.3) is 0 Å². The van der Waals surface area contributed by atoms with Crippen LogP contribution in [0.25, 0.3) is 11.5 Å². The number of aromatic nitrogens is 1. The maximum atomic E-state index is 13.0. The first-order valence-corrected chi connectivity index (χ1v) is 8.22. The molecule has 0 aliphatic heterocycles. The van der Waals surface area contributed by atoms with E-state index in [0.717, 1.165) is 19.2 Å². The Morgan fingerprint density at radius 3 is 2.43 bits per heavy atom. The maximum absolute atomic E-state index is 13.0. The molecule has 2 aromatic carbocycles. The number of hydrogen-bond donors (Lipinski definition) is 1. The molecule has 0 saturated carbocycles.